The summed E-state index contributed by atoms with van der Waals surface area (Å²) in [6.07, 6.45) is 3.25. The third-order valence-electron chi connectivity index (χ3n) is 2.76. The summed E-state index contributed by atoms with van der Waals surface area (Å²) < 4.78 is 0. The molecule has 1 aromatic heterocycles. The highest BCUT2D eigenvalue weighted by Crippen LogP contribution is 2.07. The number of amides is 1. The molecule has 3 N–H and O–H groups in total. The van der Waals surface area contributed by atoms with Crippen LogP contribution in [0.2, 0.25) is 0 Å². The third kappa shape index (κ3) is 4.27. The van der Waals surface area contributed by atoms with Crippen LogP contribution in [0.3, 0.4) is 0 Å². The van der Waals surface area contributed by atoms with Crippen molar-refractivity contribution in [1.29, 1.82) is 0 Å². The van der Waals surface area contributed by atoms with Gasteiger partial charge in [0.15, 0.2) is 5.69 Å². The Hall–Kier alpha value is -2.96. The van der Waals surface area contributed by atoms with Crippen molar-refractivity contribution in [3.05, 3.63) is 53.5 Å². The number of benzene rings is 1. The van der Waals surface area contributed by atoms with Crippen molar-refractivity contribution in [1.82, 2.24) is 15.3 Å². The van der Waals surface area contributed by atoms with Crippen LogP contribution in [0.25, 0.3) is 0 Å². The van der Waals surface area contributed by atoms with Crippen molar-refractivity contribution in [3.63, 3.8) is 0 Å². The zero-order valence-electron chi connectivity index (χ0n) is 11.1. The molecule has 0 bridgehead atoms. The number of rotatable bonds is 7. The number of carboxylic acid groups (broad SMARTS) is 1. The van der Waals surface area contributed by atoms with E-state index in [2.05, 4.69) is 20.6 Å². The molecule has 1 amide bonds. The molecule has 7 nitrogen and oxygen atoms in total. The van der Waals surface area contributed by atoms with E-state index in [9.17, 15) is 9.59 Å². The first-order chi connectivity index (χ1) is 10.2. The van der Waals surface area contributed by atoms with Crippen molar-refractivity contribution in [3.8, 4) is 0 Å². The van der Waals surface area contributed by atoms with Gasteiger partial charge in [-0.05, 0) is 11.1 Å². The largest absolute Gasteiger partial charge is 0.476 e. The molecule has 108 valence electrons. The van der Waals surface area contributed by atoms with Gasteiger partial charge in [0.05, 0.1) is 12.4 Å². The molecule has 21 heavy (non-hydrogen) atoms. The number of hydrogen-bond acceptors (Lipinski definition) is 5. The van der Waals surface area contributed by atoms with E-state index in [1.165, 1.54) is 12.4 Å². The third-order valence-corrected chi connectivity index (χ3v) is 2.76. The quantitative estimate of drug-likeness (QED) is 0.657. The molecule has 0 spiro atoms. The summed E-state index contributed by atoms with van der Waals surface area (Å²) in [5.74, 6) is -0.597. The van der Waals surface area contributed by atoms with E-state index in [0.717, 1.165) is 11.1 Å². The second-order valence-electron chi connectivity index (χ2n) is 4.26. The number of nitrogens with zero attached hydrogens (tertiary/aromatic N) is 2. The van der Waals surface area contributed by atoms with Crippen LogP contribution in [0.15, 0.2) is 36.7 Å². The van der Waals surface area contributed by atoms with Crippen LogP contribution in [0.4, 0.5) is 5.82 Å². The fraction of sp³-hybridized carbons (Fsp3) is 0.143. The van der Waals surface area contributed by atoms with Crippen molar-refractivity contribution in [2.24, 2.45) is 0 Å². The Balaban J connectivity index is 1.90. The molecular formula is C14H14N4O3. The van der Waals surface area contributed by atoms with Crippen LogP contribution in [0.1, 0.15) is 21.6 Å². The van der Waals surface area contributed by atoms with E-state index < -0.39 is 5.97 Å². The van der Waals surface area contributed by atoms with Crippen molar-refractivity contribution in [2.45, 2.75) is 13.1 Å². The molecule has 0 atom stereocenters. The number of carbonyl (C=O) groups excluding carboxylic acids is 1. The van der Waals surface area contributed by atoms with Crippen LogP contribution in [-0.2, 0) is 17.9 Å². The van der Waals surface area contributed by atoms with Gasteiger partial charge in [-0.3, -0.25) is 4.79 Å². The Morgan fingerprint density at radius 1 is 1.10 bits per heavy atom. The molecule has 2 rings (SSSR count). The first-order valence-electron chi connectivity index (χ1n) is 6.23. The molecule has 7 heteroatoms. The van der Waals surface area contributed by atoms with Gasteiger partial charge in [0, 0.05) is 13.1 Å². The molecule has 1 heterocycles. The van der Waals surface area contributed by atoms with Crippen molar-refractivity contribution < 1.29 is 14.7 Å². The van der Waals surface area contributed by atoms with Crippen LogP contribution >= 0.6 is 0 Å². The molecule has 0 saturated carbocycles. The lowest BCUT2D eigenvalue weighted by atomic mass is 10.1. The zero-order valence-corrected chi connectivity index (χ0v) is 11.1. The maximum absolute atomic E-state index is 10.6. The molecule has 0 unspecified atom stereocenters. The number of carboxylic acids is 1. The molecule has 2 aromatic rings. The molecule has 0 fully saturated rings. The van der Waals surface area contributed by atoms with Gasteiger partial charge in [0.1, 0.15) is 5.82 Å². The highest BCUT2D eigenvalue weighted by Gasteiger charge is 2.04. The summed E-state index contributed by atoms with van der Waals surface area (Å²) in [7, 11) is 0. The second-order valence-corrected chi connectivity index (χ2v) is 4.26. The minimum atomic E-state index is -1.10. The molecule has 0 radical (unpaired) electrons. The lowest BCUT2D eigenvalue weighted by molar-refractivity contribution is -0.109. The standard InChI is InChI=1S/C14H14N4O3/c19-9-15-5-10-1-3-11(4-2-10)6-17-13-8-16-12(7-18-13)14(20)21/h1-4,7-9H,5-6H2,(H,15,19)(H,17,18)(H,20,21). The summed E-state index contributed by atoms with van der Waals surface area (Å²) in [5, 5.41) is 14.4. The lowest BCUT2D eigenvalue weighted by Crippen LogP contribution is -2.09. The highest BCUT2D eigenvalue weighted by atomic mass is 16.4. The van der Waals surface area contributed by atoms with Crippen LogP contribution in [0.5, 0.6) is 0 Å². The number of carbonyl (C=O) groups is 2. The molecule has 0 aliphatic carbocycles. The Morgan fingerprint density at radius 3 is 2.29 bits per heavy atom. The van der Waals surface area contributed by atoms with Gasteiger partial charge in [0.2, 0.25) is 6.41 Å². The average Bonchev–Trinajstić information content (AvgIpc) is 2.52. The SMILES string of the molecule is O=CNCc1ccc(CNc2cnc(C(=O)O)cn2)cc1. The summed E-state index contributed by atoms with van der Waals surface area (Å²) in [6.45, 7) is 1.04. The smallest absolute Gasteiger partial charge is 0.356 e. The summed E-state index contributed by atoms with van der Waals surface area (Å²) in [4.78, 5) is 28.6. The molecule has 0 aliphatic heterocycles. The van der Waals surface area contributed by atoms with E-state index in [1.807, 2.05) is 24.3 Å². The summed E-state index contributed by atoms with van der Waals surface area (Å²) >= 11 is 0. The van der Waals surface area contributed by atoms with Gasteiger partial charge in [-0.2, -0.15) is 0 Å². The van der Waals surface area contributed by atoms with E-state index in [0.29, 0.717) is 25.3 Å². The minimum Gasteiger partial charge on any atom is -0.476 e. The Bertz CT molecular complexity index is 611. The number of anilines is 1. The number of aromatic carboxylic acids is 1. The minimum absolute atomic E-state index is 0.0902. The first kappa shape index (κ1) is 14.4. The maximum Gasteiger partial charge on any atom is 0.356 e. The van der Waals surface area contributed by atoms with Gasteiger partial charge in [-0.25, -0.2) is 14.8 Å². The van der Waals surface area contributed by atoms with Gasteiger partial charge < -0.3 is 15.7 Å². The van der Waals surface area contributed by atoms with Crippen LogP contribution in [0, 0.1) is 0 Å². The predicted molar refractivity (Wildman–Crippen MR) is 75.7 cm³/mol. The zero-order chi connectivity index (χ0) is 15.1. The average molecular weight is 286 g/mol. The number of hydrogen-bond donors (Lipinski definition) is 3. The van der Waals surface area contributed by atoms with E-state index in [4.69, 9.17) is 5.11 Å². The van der Waals surface area contributed by atoms with E-state index in [-0.39, 0.29) is 5.69 Å². The normalized spacial score (nSPS) is 9.90. The van der Waals surface area contributed by atoms with Gasteiger partial charge in [0.25, 0.3) is 0 Å². The predicted octanol–water partition coefficient (Wildman–Crippen LogP) is 1.03. The fourth-order valence-corrected chi connectivity index (χ4v) is 1.66. The topological polar surface area (TPSA) is 104 Å². The van der Waals surface area contributed by atoms with E-state index in [1.54, 1.807) is 0 Å². The Labute approximate surface area is 121 Å². The highest BCUT2D eigenvalue weighted by molar-refractivity contribution is 5.84. The van der Waals surface area contributed by atoms with Crippen molar-refractivity contribution in [2.75, 3.05) is 5.32 Å². The monoisotopic (exact) mass is 286 g/mol. The Kier molecular flexibility index (Phi) is 4.81. The maximum atomic E-state index is 10.6. The molecular weight excluding hydrogens is 272 g/mol. The van der Waals surface area contributed by atoms with Crippen LogP contribution < -0.4 is 10.6 Å². The fourth-order valence-electron chi connectivity index (χ4n) is 1.66. The summed E-state index contributed by atoms with van der Waals surface area (Å²) in [6, 6.07) is 7.72. The molecule has 1 aromatic carbocycles. The summed E-state index contributed by atoms with van der Waals surface area (Å²) in [5.41, 5.74) is 1.96. The lowest BCUT2D eigenvalue weighted by Gasteiger charge is -2.06. The second kappa shape index (κ2) is 6.99. The van der Waals surface area contributed by atoms with E-state index >= 15 is 0 Å². The van der Waals surface area contributed by atoms with Gasteiger partial charge >= 0.3 is 5.97 Å². The number of aromatic nitrogens is 2. The molecule has 0 saturated heterocycles. The van der Waals surface area contributed by atoms with Gasteiger partial charge in [-0.1, -0.05) is 24.3 Å². The Morgan fingerprint density at radius 2 is 1.76 bits per heavy atom. The number of nitrogens with one attached hydrogen (secondary N) is 2. The van der Waals surface area contributed by atoms with Gasteiger partial charge in [-0.15, -0.1) is 0 Å². The first-order valence-corrected chi connectivity index (χ1v) is 6.23. The van der Waals surface area contributed by atoms with Crippen LogP contribution in [-0.4, -0.2) is 27.5 Å². The molecule has 0 aliphatic rings. The van der Waals surface area contributed by atoms with Crippen molar-refractivity contribution >= 4 is 18.2 Å².